The highest BCUT2D eigenvalue weighted by atomic mass is 16.5. The summed E-state index contributed by atoms with van der Waals surface area (Å²) in [5.41, 5.74) is 0.794. The Morgan fingerprint density at radius 2 is 2.09 bits per heavy atom. The Hall–Kier alpha value is -1.59. The van der Waals surface area contributed by atoms with Crippen LogP contribution in [-0.2, 0) is 4.74 Å². The van der Waals surface area contributed by atoms with Gasteiger partial charge in [0.25, 0.3) is 0 Å². The van der Waals surface area contributed by atoms with E-state index >= 15 is 0 Å². The molecule has 2 rings (SSSR count). The number of hydrogen-bond acceptors (Lipinski definition) is 3. The van der Waals surface area contributed by atoms with Crippen LogP contribution < -0.4 is 10.6 Å². The van der Waals surface area contributed by atoms with Gasteiger partial charge < -0.3 is 20.5 Å². The third-order valence-corrected chi connectivity index (χ3v) is 4.71. The molecule has 0 bridgehead atoms. The second kappa shape index (κ2) is 7.79. The van der Waals surface area contributed by atoms with E-state index in [0.29, 0.717) is 13.2 Å². The minimum atomic E-state index is -0.321. The molecule has 1 aromatic carbocycles. The van der Waals surface area contributed by atoms with E-state index in [1.807, 2.05) is 51.1 Å². The van der Waals surface area contributed by atoms with Gasteiger partial charge in [-0.2, -0.15) is 0 Å². The average Bonchev–Trinajstić information content (AvgIpc) is 2.93. The number of rotatable bonds is 6. The maximum Gasteiger partial charge on any atom is 0.315 e. The molecular weight excluding hydrogens is 292 g/mol. The van der Waals surface area contributed by atoms with Gasteiger partial charge in [-0.25, -0.2) is 4.79 Å². The fourth-order valence-electron chi connectivity index (χ4n) is 2.98. The molecule has 128 valence electrons. The van der Waals surface area contributed by atoms with E-state index in [1.165, 1.54) is 0 Å². The molecule has 23 heavy (non-hydrogen) atoms. The Morgan fingerprint density at radius 1 is 1.39 bits per heavy atom. The van der Waals surface area contributed by atoms with Crippen molar-refractivity contribution in [3.8, 4) is 0 Å². The van der Waals surface area contributed by atoms with Gasteiger partial charge in [0.15, 0.2) is 0 Å². The molecule has 1 saturated heterocycles. The summed E-state index contributed by atoms with van der Waals surface area (Å²) in [5, 5.41) is 15.6. The van der Waals surface area contributed by atoms with E-state index in [1.54, 1.807) is 0 Å². The molecule has 0 radical (unpaired) electrons. The van der Waals surface area contributed by atoms with Crippen molar-refractivity contribution in [3.05, 3.63) is 35.9 Å². The summed E-state index contributed by atoms with van der Waals surface area (Å²) in [6.45, 7) is 7.22. The van der Waals surface area contributed by atoms with Crippen molar-refractivity contribution in [3.63, 3.8) is 0 Å². The minimum Gasteiger partial charge on any atom is -0.396 e. The molecule has 3 N–H and O–H groups in total. The number of aliphatic hydroxyl groups excluding tert-OH is 1. The van der Waals surface area contributed by atoms with Gasteiger partial charge in [0.1, 0.15) is 0 Å². The topological polar surface area (TPSA) is 70.6 Å². The lowest BCUT2D eigenvalue weighted by molar-refractivity contribution is 0.113. The first-order chi connectivity index (χ1) is 10.9. The molecule has 0 aliphatic carbocycles. The van der Waals surface area contributed by atoms with Gasteiger partial charge in [0.05, 0.1) is 12.1 Å². The van der Waals surface area contributed by atoms with Gasteiger partial charge in [-0.3, -0.25) is 0 Å². The van der Waals surface area contributed by atoms with Crippen molar-refractivity contribution in [2.24, 2.45) is 5.41 Å². The summed E-state index contributed by atoms with van der Waals surface area (Å²) in [6, 6.07) is 9.89. The lowest BCUT2D eigenvalue weighted by Gasteiger charge is -2.33. The Bertz CT molecular complexity index is 504. The standard InChI is InChI=1S/C18H28N2O3/c1-13-16(9-10-23-13)20-17(22)19-11-15(18(2,3)12-21)14-7-5-4-6-8-14/h4-8,13,15-16,21H,9-12H2,1-3H3,(H2,19,20,22). The molecule has 1 heterocycles. The van der Waals surface area contributed by atoms with Crippen molar-refractivity contribution in [1.29, 1.82) is 0 Å². The molecule has 3 unspecified atom stereocenters. The van der Waals surface area contributed by atoms with Crippen LogP contribution in [0.4, 0.5) is 4.79 Å². The quantitative estimate of drug-likeness (QED) is 0.753. The molecule has 0 saturated carbocycles. The Labute approximate surface area is 138 Å². The van der Waals surface area contributed by atoms with Crippen LogP contribution in [0.3, 0.4) is 0 Å². The Kier molecular flexibility index (Phi) is 6.02. The predicted octanol–water partition coefficient (Wildman–Crippen LogP) is 2.27. The number of benzene rings is 1. The fraction of sp³-hybridized carbons (Fsp3) is 0.611. The minimum absolute atomic E-state index is 0.0386. The number of ether oxygens (including phenoxy) is 1. The van der Waals surface area contributed by atoms with Gasteiger partial charge >= 0.3 is 6.03 Å². The van der Waals surface area contributed by atoms with E-state index < -0.39 is 0 Å². The summed E-state index contributed by atoms with van der Waals surface area (Å²) in [4.78, 5) is 12.2. The molecule has 1 aliphatic heterocycles. The first-order valence-electron chi connectivity index (χ1n) is 8.26. The summed E-state index contributed by atoms with van der Waals surface area (Å²) < 4.78 is 5.46. The maximum atomic E-state index is 12.2. The van der Waals surface area contributed by atoms with Crippen LogP contribution in [0, 0.1) is 5.41 Å². The molecule has 1 aliphatic rings. The summed E-state index contributed by atoms with van der Waals surface area (Å²) in [7, 11) is 0. The maximum absolute atomic E-state index is 12.2. The van der Waals surface area contributed by atoms with E-state index in [9.17, 15) is 9.90 Å². The number of hydrogen-bond donors (Lipinski definition) is 3. The Morgan fingerprint density at radius 3 is 2.65 bits per heavy atom. The molecule has 1 aromatic rings. The number of carbonyl (C=O) groups is 1. The highest BCUT2D eigenvalue weighted by Crippen LogP contribution is 2.34. The van der Waals surface area contributed by atoms with E-state index in [0.717, 1.165) is 12.0 Å². The summed E-state index contributed by atoms with van der Waals surface area (Å²) >= 11 is 0. The van der Waals surface area contributed by atoms with Crippen molar-refractivity contribution in [1.82, 2.24) is 10.6 Å². The highest BCUT2D eigenvalue weighted by Gasteiger charge is 2.31. The van der Waals surface area contributed by atoms with Crippen LogP contribution in [-0.4, -0.2) is 43.0 Å². The highest BCUT2D eigenvalue weighted by molar-refractivity contribution is 5.74. The zero-order chi connectivity index (χ0) is 16.9. The number of aliphatic hydroxyl groups is 1. The van der Waals surface area contributed by atoms with Crippen molar-refractivity contribution in [2.45, 2.75) is 45.3 Å². The molecule has 0 aromatic heterocycles. The lowest BCUT2D eigenvalue weighted by atomic mass is 9.75. The van der Waals surface area contributed by atoms with Crippen LogP contribution in [0.5, 0.6) is 0 Å². The normalized spacial score (nSPS) is 22.6. The zero-order valence-corrected chi connectivity index (χ0v) is 14.2. The van der Waals surface area contributed by atoms with Crippen molar-refractivity contribution in [2.75, 3.05) is 19.8 Å². The number of urea groups is 1. The third kappa shape index (κ3) is 4.69. The SMILES string of the molecule is CC1OCCC1NC(=O)NCC(c1ccccc1)C(C)(C)CO. The van der Waals surface area contributed by atoms with Crippen LogP contribution >= 0.6 is 0 Å². The van der Waals surface area contributed by atoms with Crippen LogP contribution in [0.2, 0.25) is 0 Å². The van der Waals surface area contributed by atoms with E-state index in [2.05, 4.69) is 10.6 Å². The second-order valence-electron chi connectivity index (χ2n) is 6.94. The van der Waals surface area contributed by atoms with E-state index in [4.69, 9.17) is 4.74 Å². The van der Waals surface area contributed by atoms with Gasteiger partial charge in [-0.15, -0.1) is 0 Å². The van der Waals surface area contributed by atoms with Crippen LogP contribution in [0.15, 0.2) is 30.3 Å². The summed E-state index contributed by atoms with van der Waals surface area (Å²) in [6.07, 6.45) is 0.901. The van der Waals surface area contributed by atoms with Gasteiger partial charge in [0.2, 0.25) is 0 Å². The number of carbonyl (C=O) groups excluding carboxylic acids is 1. The monoisotopic (exact) mass is 320 g/mol. The molecular formula is C18H28N2O3. The first-order valence-corrected chi connectivity index (χ1v) is 8.26. The molecule has 1 fully saturated rings. The molecule has 3 atom stereocenters. The van der Waals surface area contributed by atoms with Crippen molar-refractivity contribution < 1.29 is 14.6 Å². The fourth-order valence-corrected chi connectivity index (χ4v) is 2.98. The third-order valence-electron chi connectivity index (χ3n) is 4.71. The van der Waals surface area contributed by atoms with Gasteiger partial charge in [-0.05, 0) is 24.3 Å². The van der Waals surface area contributed by atoms with Crippen molar-refractivity contribution >= 4 is 6.03 Å². The number of nitrogens with one attached hydrogen (secondary N) is 2. The van der Waals surface area contributed by atoms with E-state index in [-0.39, 0.29) is 36.1 Å². The molecule has 2 amide bonds. The van der Waals surface area contributed by atoms with Crippen LogP contribution in [0.25, 0.3) is 0 Å². The first kappa shape index (κ1) is 17.8. The van der Waals surface area contributed by atoms with Gasteiger partial charge in [-0.1, -0.05) is 44.2 Å². The number of amides is 2. The van der Waals surface area contributed by atoms with Gasteiger partial charge in [0, 0.05) is 25.7 Å². The lowest BCUT2D eigenvalue weighted by Crippen LogP contribution is -2.47. The molecule has 0 spiro atoms. The average molecular weight is 320 g/mol. The summed E-state index contributed by atoms with van der Waals surface area (Å²) in [5.74, 6) is 0.0386. The largest absolute Gasteiger partial charge is 0.396 e. The van der Waals surface area contributed by atoms with Crippen LogP contribution in [0.1, 0.15) is 38.7 Å². The smallest absolute Gasteiger partial charge is 0.315 e. The zero-order valence-electron chi connectivity index (χ0n) is 14.2. The second-order valence-corrected chi connectivity index (χ2v) is 6.94. The predicted molar refractivity (Wildman–Crippen MR) is 90.4 cm³/mol. The molecule has 5 heteroatoms. The molecule has 5 nitrogen and oxygen atoms in total. The Balaban J connectivity index is 1.97.